The minimum Gasteiger partial charge on any atom is -0.451 e. The quantitative estimate of drug-likeness (QED) is 0.896. The minimum atomic E-state index is -0.171. The lowest BCUT2D eigenvalue weighted by Crippen LogP contribution is -2.55. The zero-order chi connectivity index (χ0) is 18.1. The van der Waals surface area contributed by atoms with Gasteiger partial charge in [-0.2, -0.15) is 0 Å². The number of oxazole rings is 1. The normalized spacial score (nSPS) is 20.1. The third-order valence-corrected chi connectivity index (χ3v) is 4.77. The maximum atomic E-state index is 12.8. The molecule has 3 heterocycles. The van der Waals surface area contributed by atoms with E-state index in [0.717, 1.165) is 5.82 Å². The molecule has 2 aliphatic rings. The first kappa shape index (κ1) is 16.6. The second kappa shape index (κ2) is 6.78. The molecule has 1 aliphatic heterocycles. The number of aromatic nitrogens is 2. The Labute approximate surface area is 151 Å². The molecule has 2 aromatic rings. The predicted molar refractivity (Wildman–Crippen MR) is 93.8 cm³/mol. The molecule has 1 aliphatic carbocycles. The standard InChI is InChI=1S/C18H21N5O3/c1-12-9-22(18(25)15-10-26-11-20-15)6-7-23(12)17(24)13-2-5-16(19-8-13)21-14-3-4-14/h2,5,8,10-12,14H,3-4,6-7,9H2,1H3,(H,19,21)/t12-/m0/s1. The average molecular weight is 355 g/mol. The average Bonchev–Trinajstić information content (AvgIpc) is 3.30. The van der Waals surface area contributed by atoms with Gasteiger partial charge in [-0.25, -0.2) is 9.97 Å². The van der Waals surface area contributed by atoms with Gasteiger partial charge in [0.15, 0.2) is 12.1 Å². The van der Waals surface area contributed by atoms with E-state index in [0.29, 0.717) is 36.9 Å². The Balaban J connectivity index is 1.38. The molecule has 136 valence electrons. The summed E-state index contributed by atoms with van der Waals surface area (Å²) in [5.41, 5.74) is 0.856. The Kier molecular flexibility index (Phi) is 4.32. The van der Waals surface area contributed by atoms with Crippen LogP contribution in [0.15, 0.2) is 35.4 Å². The van der Waals surface area contributed by atoms with Crippen LogP contribution in [0.1, 0.15) is 40.6 Å². The van der Waals surface area contributed by atoms with Gasteiger partial charge in [-0.1, -0.05) is 0 Å². The summed E-state index contributed by atoms with van der Waals surface area (Å²) in [4.78, 5) is 36.9. The Morgan fingerprint density at radius 3 is 2.65 bits per heavy atom. The first-order valence-electron chi connectivity index (χ1n) is 8.83. The van der Waals surface area contributed by atoms with Gasteiger partial charge in [-0.05, 0) is 31.9 Å². The summed E-state index contributed by atoms with van der Waals surface area (Å²) < 4.78 is 4.87. The largest absolute Gasteiger partial charge is 0.451 e. The van der Waals surface area contributed by atoms with E-state index >= 15 is 0 Å². The molecule has 2 amide bonds. The van der Waals surface area contributed by atoms with E-state index in [1.807, 2.05) is 13.0 Å². The van der Waals surface area contributed by atoms with E-state index in [-0.39, 0.29) is 17.9 Å². The molecular formula is C18H21N5O3. The molecule has 8 heteroatoms. The SMILES string of the molecule is C[C@H]1CN(C(=O)c2cocn2)CCN1C(=O)c1ccc(NC2CC2)nc1. The fourth-order valence-electron chi connectivity index (χ4n) is 3.13. The van der Waals surface area contributed by atoms with Gasteiger partial charge in [0.25, 0.3) is 11.8 Å². The van der Waals surface area contributed by atoms with E-state index in [2.05, 4.69) is 15.3 Å². The molecule has 2 fully saturated rings. The summed E-state index contributed by atoms with van der Waals surface area (Å²) in [7, 11) is 0. The van der Waals surface area contributed by atoms with Crippen molar-refractivity contribution < 1.29 is 14.0 Å². The van der Waals surface area contributed by atoms with Crippen molar-refractivity contribution in [1.82, 2.24) is 19.8 Å². The number of amides is 2. The lowest BCUT2D eigenvalue weighted by atomic mass is 10.1. The second-order valence-electron chi connectivity index (χ2n) is 6.82. The molecule has 0 aromatic carbocycles. The summed E-state index contributed by atoms with van der Waals surface area (Å²) in [6, 6.07) is 4.09. The molecule has 1 atom stereocenters. The van der Waals surface area contributed by atoms with Gasteiger partial charge in [0, 0.05) is 37.9 Å². The van der Waals surface area contributed by atoms with Crippen molar-refractivity contribution >= 4 is 17.6 Å². The van der Waals surface area contributed by atoms with Gasteiger partial charge in [0.1, 0.15) is 12.1 Å². The topological polar surface area (TPSA) is 91.6 Å². The van der Waals surface area contributed by atoms with Crippen molar-refractivity contribution in [3.8, 4) is 0 Å². The van der Waals surface area contributed by atoms with Crippen molar-refractivity contribution in [2.45, 2.75) is 31.8 Å². The molecule has 1 N–H and O–H groups in total. The van der Waals surface area contributed by atoms with Crippen LogP contribution in [0, 0.1) is 0 Å². The van der Waals surface area contributed by atoms with E-state index < -0.39 is 0 Å². The van der Waals surface area contributed by atoms with Crippen molar-refractivity contribution in [2.24, 2.45) is 0 Å². The number of hydrogen-bond acceptors (Lipinski definition) is 6. The van der Waals surface area contributed by atoms with Gasteiger partial charge in [-0.15, -0.1) is 0 Å². The van der Waals surface area contributed by atoms with Crippen molar-refractivity contribution in [2.75, 3.05) is 25.0 Å². The first-order chi connectivity index (χ1) is 12.6. The monoisotopic (exact) mass is 355 g/mol. The molecule has 0 bridgehead atoms. The van der Waals surface area contributed by atoms with Crippen LogP contribution in [0.4, 0.5) is 5.82 Å². The third-order valence-electron chi connectivity index (χ3n) is 4.77. The highest BCUT2D eigenvalue weighted by molar-refractivity contribution is 5.95. The summed E-state index contributed by atoms with van der Waals surface area (Å²) in [6.07, 6.45) is 6.56. The molecule has 8 nitrogen and oxygen atoms in total. The first-order valence-corrected chi connectivity index (χ1v) is 8.83. The number of anilines is 1. The van der Waals surface area contributed by atoms with Crippen LogP contribution in [-0.4, -0.2) is 63.3 Å². The van der Waals surface area contributed by atoms with E-state index in [4.69, 9.17) is 4.42 Å². The van der Waals surface area contributed by atoms with Crippen LogP contribution in [0.25, 0.3) is 0 Å². The van der Waals surface area contributed by atoms with Crippen LogP contribution in [0.5, 0.6) is 0 Å². The number of hydrogen-bond donors (Lipinski definition) is 1. The van der Waals surface area contributed by atoms with E-state index in [9.17, 15) is 9.59 Å². The zero-order valence-corrected chi connectivity index (χ0v) is 14.6. The molecule has 1 saturated carbocycles. The van der Waals surface area contributed by atoms with Crippen LogP contribution in [0.3, 0.4) is 0 Å². The van der Waals surface area contributed by atoms with Crippen LogP contribution in [0.2, 0.25) is 0 Å². The van der Waals surface area contributed by atoms with E-state index in [1.165, 1.54) is 25.5 Å². The predicted octanol–water partition coefficient (Wildman–Crippen LogP) is 1.63. The van der Waals surface area contributed by atoms with Crippen molar-refractivity contribution in [3.63, 3.8) is 0 Å². The Hall–Kier alpha value is -2.90. The molecule has 1 saturated heterocycles. The second-order valence-corrected chi connectivity index (χ2v) is 6.82. The van der Waals surface area contributed by atoms with Crippen molar-refractivity contribution in [3.05, 3.63) is 42.2 Å². The number of carbonyl (C=O) groups excluding carboxylic acids is 2. The minimum absolute atomic E-state index is 0.0588. The highest BCUT2D eigenvalue weighted by Gasteiger charge is 2.31. The summed E-state index contributed by atoms with van der Waals surface area (Å²) in [6.45, 7) is 3.35. The Bertz CT molecular complexity index is 786. The summed E-state index contributed by atoms with van der Waals surface area (Å²) >= 11 is 0. The maximum absolute atomic E-state index is 12.8. The van der Waals surface area contributed by atoms with Crippen LogP contribution >= 0.6 is 0 Å². The molecule has 26 heavy (non-hydrogen) atoms. The van der Waals surface area contributed by atoms with Crippen LogP contribution < -0.4 is 5.32 Å². The summed E-state index contributed by atoms with van der Waals surface area (Å²) in [5.74, 6) is 0.575. The molecule has 4 rings (SSSR count). The lowest BCUT2D eigenvalue weighted by molar-refractivity contribution is 0.0411. The smallest absolute Gasteiger partial charge is 0.275 e. The van der Waals surface area contributed by atoms with Gasteiger partial charge in [-0.3, -0.25) is 9.59 Å². The number of nitrogens with zero attached hydrogens (tertiary/aromatic N) is 4. The molecule has 0 spiro atoms. The Morgan fingerprint density at radius 1 is 1.19 bits per heavy atom. The molecule has 2 aromatic heterocycles. The number of rotatable bonds is 4. The van der Waals surface area contributed by atoms with Crippen molar-refractivity contribution in [1.29, 1.82) is 0 Å². The highest BCUT2D eigenvalue weighted by atomic mass is 16.3. The third kappa shape index (κ3) is 3.40. The number of nitrogens with one attached hydrogen (secondary N) is 1. The highest BCUT2D eigenvalue weighted by Crippen LogP contribution is 2.24. The molecule has 0 radical (unpaired) electrons. The summed E-state index contributed by atoms with van der Waals surface area (Å²) in [5, 5.41) is 3.31. The maximum Gasteiger partial charge on any atom is 0.275 e. The number of carbonyl (C=O) groups is 2. The fourth-order valence-corrected chi connectivity index (χ4v) is 3.13. The fraction of sp³-hybridized carbons (Fsp3) is 0.444. The van der Waals surface area contributed by atoms with Gasteiger partial charge in [0.2, 0.25) is 0 Å². The van der Waals surface area contributed by atoms with E-state index in [1.54, 1.807) is 22.1 Å². The van der Waals surface area contributed by atoms with Crippen LogP contribution in [-0.2, 0) is 0 Å². The molecular weight excluding hydrogens is 334 g/mol. The number of piperazine rings is 1. The lowest BCUT2D eigenvalue weighted by Gasteiger charge is -2.39. The molecule has 0 unspecified atom stereocenters. The van der Waals surface area contributed by atoms with Gasteiger partial charge >= 0.3 is 0 Å². The number of pyridine rings is 1. The Morgan fingerprint density at radius 2 is 2.04 bits per heavy atom. The van der Waals surface area contributed by atoms with Gasteiger partial charge in [0.05, 0.1) is 5.56 Å². The zero-order valence-electron chi connectivity index (χ0n) is 14.6. The van der Waals surface area contributed by atoms with Gasteiger partial charge < -0.3 is 19.5 Å².